The third-order valence-corrected chi connectivity index (χ3v) is 3.75. The Kier molecular flexibility index (Phi) is 3.47. The summed E-state index contributed by atoms with van der Waals surface area (Å²) in [5, 5.41) is 3.38. The number of aromatic nitrogens is 3. The van der Waals surface area contributed by atoms with E-state index >= 15 is 0 Å². The molecule has 0 radical (unpaired) electrons. The summed E-state index contributed by atoms with van der Waals surface area (Å²) in [4.78, 5) is 16.4. The molecule has 0 aromatic carbocycles. The molecule has 1 N–H and O–H groups in total. The normalized spacial score (nSPS) is 16.6. The Morgan fingerprint density at radius 1 is 1.28 bits per heavy atom. The zero-order valence-electron chi connectivity index (χ0n) is 10.0. The molecule has 3 heterocycles. The largest absolute Gasteiger partial charge is 0.339 e. The van der Waals surface area contributed by atoms with Crippen molar-refractivity contribution in [2.45, 2.75) is 6.42 Å². The molecule has 3 rings (SSSR count). The Labute approximate surface area is 110 Å². The molecule has 1 fully saturated rings. The Bertz CT molecular complexity index is 491. The summed E-state index contributed by atoms with van der Waals surface area (Å²) < 4.78 is 0. The zero-order chi connectivity index (χ0) is 12.2. The Morgan fingerprint density at radius 3 is 3.17 bits per heavy atom. The standard InChI is InChI=1S/C12H15N5S/c1-3-13-5-7-17(6-1)12-15-4-2-10(16-12)11-8-14-9-18-11/h2,4,8-9,13H,1,3,5-7H2. The van der Waals surface area contributed by atoms with Gasteiger partial charge in [-0.25, -0.2) is 9.97 Å². The van der Waals surface area contributed by atoms with E-state index in [9.17, 15) is 0 Å². The predicted molar refractivity (Wildman–Crippen MR) is 72.8 cm³/mol. The van der Waals surface area contributed by atoms with E-state index in [4.69, 9.17) is 0 Å². The highest BCUT2D eigenvalue weighted by Gasteiger charge is 2.13. The molecule has 0 atom stereocenters. The molecule has 94 valence electrons. The number of nitrogens with zero attached hydrogens (tertiary/aromatic N) is 4. The van der Waals surface area contributed by atoms with Crippen LogP contribution in [0.15, 0.2) is 24.0 Å². The van der Waals surface area contributed by atoms with E-state index in [-0.39, 0.29) is 0 Å². The molecule has 0 unspecified atom stereocenters. The van der Waals surface area contributed by atoms with E-state index in [1.54, 1.807) is 11.3 Å². The van der Waals surface area contributed by atoms with Gasteiger partial charge in [0.1, 0.15) is 0 Å². The maximum Gasteiger partial charge on any atom is 0.225 e. The van der Waals surface area contributed by atoms with Crippen LogP contribution in [0, 0.1) is 0 Å². The Morgan fingerprint density at radius 2 is 2.28 bits per heavy atom. The molecule has 1 aliphatic rings. The highest BCUT2D eigenvalue weighted by atomic mass is 32.1. The second kappa shape index (κ2) is 5.41. The fraction of sp³-hybridized carbons (Fsp3) is 0.417. The van der Waals surface area contributed by atoms with Crippen LogP contribution in [0.1, 0.15) is 6.42 Å². The molecule has 0 spiro atoms. The van der Waals surface area contributed by atoms with Gasteiger partial charge in [-0.3, -0.25) is 4.98 Å². The van der Waals surface area contributed by atoms with Crippen LogP contribution in [0.3, 0.4) is 0 Å². The Hall–Kier alpha value is -1.53. The predicted octanol–water partition coefficient (Wildman–Crippen LogP) is 1.40. The molecule has 5 nitrogen and oxygen atoms in total. The molecule has 0 saturated carbocycles. The number of nitrogens with one attached hydrogen (secondary N) is 1. The van der Waals surface area contributed by atoms with Crippen LogP contribution < -0.4 is 10.2 Å². The fourth-order valence-electron chi connectivity index (χ4n) is 2.03. The minimum Gasteiger partial charge on any atom is -0.339 e. The van der Waals surface area contributed by atoms with Gasteiger partial charge in [-0.2, -0.15) is 0 Å². The average molecular weight is 261 g/mol. The topological polar surface area (TPSA) is 53.9 Å². The second-order valence-electron chi connectivity index (χ2n) is 4.20. The molecule has 6 heteroatoms. The Balaban J connectivity index is 1.86. The van der Waals surface area contributed by atoms with Crippen LogP contribution in [0.5, 0.6) is 0 Å². The molecule has 2 aromatic rings. The number of hydrogen-bond donors (Lipinski definition) is 1. The first-order chi connectivity index (χ1) is 8.93. The summed E-state index contributed by atoms with van der Waals surface area (Å²) in [5.41, 5.74) is 2.78. The lowest BCUT2D eigenvalue weighted by Crippen LogP contribution is -2.29. The molecule has 0 aliphatic carbocycles. The van der Waals surface area contributed by atoms with Crippen LogP contribution in [-0.2, 0) is 0 Å². The smallest absolute Gasteiger partial charge is 0.225 e. The summed E-state index contributed by atoms with van der Waals surface area (Å²) in [6.07, 6.45) is 4.81. The van der Waals surface area contributed by atoms with Crippen molar-refractivity contribution in [3.8, 4) is 10.6 Å². The minimum atomic E-state index is 0.824. The third-order valence-electron chi connectivity index (χ3n) is 2.95. The van der Waals surface area contributed by atoms with Crippen LogP contribution in [0.25, 0.3) is 10.6 Å². The monoisotopic (exact) mass is 261 g/mol. The van der Waals surface area contributed by atoms with Gasteiger partial charge in [-0.15, -0.1) is 11.3 Å². The van der Waals surface area contributed by atoms with Gasteiger partial charge in [0.2, 0.25) is 5.95 Å². The maximum absolute atomic E-state index is 4.64. The van der Waals surface area contributed by atoms with E-state index in [0.717, 1.165) is 49.1 Å². The molecule has 0 bridgehead atoms. The number of rotatable bonds is 2. The molecule has 18 heavy (non-hydrogen) atoms. The first-order valence-electron chi connectivity index (χ1n) is 6.11. The van der Waals surface area contributed by atoms with Crippen molar-refractivity contribution >= 4 is 17.3 Å². The van der Waals surface area contributed by atoms with Crippen LogP contribution >= 0.6 is 11.3 Å². The van der Waals surface area contributed by atoms with Crippen molar-refractivity contribution < 1.29 is 0 Å². The lowest BCUT2D eigenvalue weighted by molar-refractivity contribution is 0.724. The quantitative estimate of drug-likeness (QED) is 0.885. The highest BCUT2D eigenvalue weighted by Crippen LogP contribution is 2.22. The van der Waals surface area contributed by atoms with Gasteiger partial charge in [-0.05, 0) is 19.0 Å². The maximum atomic E-state index is 4.64. The lowest BCUT2D eigenvalue weighted by atomic mass is 10.3. The summed E-state index contributed by atoms with van der Waals surface area (Å²) >= 11 is 1.60. The summed E-state index contributed by atoms with van der Waals surface area (Å²) in [6.45, 7) is 4.05. The van der Waals surface area contributed by atoms with Crippen molar-refractivity contribution in [3.63, 3.8) is 0 Å². The molecule has 1 saturated heterocycles. The van der Waals surface area contributed by atoms with Crippen molar-refractivity contribution in [2.24, 2.45) is 0 Å². The number of thiazole rings is 1. The van der Waals surface area contributed by atoms with E-state index < -0.39 is 0 Å². The molecule has 1 aliphatic heterocycles. The van der Waals surface area contributed by atoms with Crippen LogP contribution in [0.4, 0.5) is 5.95 Å². The van der Waals surface area contributed by atoms with Crippen LogP contribution in [0.2, 0.25) is 0 Å². The van der Waals surface area contributed by atoms with Crippen molar-refractivity contribution in [1.29, 1.82) is 0 Å². The molecule has 2 aromatic heterocycles. The van der Waals surface area contributed by atoms with Gasteiger partial charge >= 0.3 is 0 Å². The van der Waals surface area contributed by atoms with Gasteiger partial charge in [0.05, 0.1) is 16.1 Å². The molecule has 0 amide bonds. The SMILES string of the molecule is c1cc(-c2cncs2)nc(N2CCCNCC2)n1. The lowest BCUT2D eigenvalue weighted by Gasteiger charge is -2.19. The van der Waals surface area contributed by atoms with Crippen molar-refractivity contribution in [3.05, 3.63) is 24.0 Å². The fourth-order valence-corrected chi connectivity index (χ4v) is 2.62. The summed E-state index contributed by atoms with van der Waals surface area (Å²) in [5.74, 6) is 0.824. The zero-order valence-corrected chi connectivity index (χ0v) is 10.9. The van der Waals surface area contributed by atoms with E-state index in [1.165, 1.54) is 0 Å². The third kappa shape index (κ3) is 2.49. The van der Waals surface area contributed by atoms with Gasteiger partial charge in [-0.1, -0.05) is 0 Å². The first-order valence-corrected chi connectivity index (χ1v) is 6.99. The second-order valence-corrected chi connectivity index (χ2v) is 5.08. The van der Waals surface area contributed by atoms with Gasteiger partial charge in [0.15, 0.2) is 0 Å². The van der Waals surface area contributed by atoms with Gasteiger partial charge in [0.25, 0.3) is 0 Å². The first kappa shape index (κ1) is 11.6. The van der Waals surface area contributed by atoms with Gasteiger partial charge < -0.3 is 10.2 Å². The van der Waals surface area contributed by atoms with Crippen LogP contribution in [-0.4, -0.2) is 41.1 Å². The van der Waals surface area contributed by atoms with Gasteiger partial charge in [0, 0.05) is 32.0 Å². The van der Waals surface area contributed by atoms with E-state index in [2.05, 4.69) is 25.2 Å². The van der Waals surface area contributed by atoms with E-state index in [1.807, 2.05) is 24.0 Å². The average Bonchev–Trinajstić information content (AvgIpc) is 2.82. The summed E-state index contributed by atoms with van der Waals surface area (Å²) in [7, 11) is 0. The van der Waals surface area contributed by atoms with Crippen molar-refractivity contribution in [1.82, 2.24) is 20.3 Å². The highest BCUT2D eigenvalue weighted by molar-refractivity contribution is 7.13. The van der Waals surface area contributed by atoms with E-state index in [0.29, 0.717) is 0 Å². The molecular formula is C12H15N5S. The minimum absolute atomic E-state index is 0.824. The van der Waals surface area contributed by atoms with Crippen molar-refractivity contribution in [2.75, 3.05) is 31.1 Å². The number of hydrogen-bond acceptors (Lipinski definition) is 6. The number of anilines is 1. The summed E-state index contributed by atoms with van der Waals surface area (Å²) in [6, 6.07) is 1.94. The molecular weight excluding hydrogens is 246 g/mol.